The minimum atomic E-state index is -0.281. The first kappa shape index (κ1) is 16.6. The van der Waals surface area contributed by atoms with Gasteiger partial charge in [0, 0.05) is 34.2 Å². The Balaban J connectivity index is 1.35. The molecule has 7 nitrogen and oxygen atoms in total. The Morgan fingerprint density at radius 1 is 1.35 bits per heavy atom. The first-order chi connectivity index (χ1) is 12.6. The molecule has 0 atom stereocenters. The molecule has 3 N–H and O–H groups in total. The third-order valence-electron chi connectivity index (χ3n) is 4.44. The molecule has 0 aliphatic carbocycles. The van der Waals surface area contributed by atoms with Gasteiger partial charge in [-0.3, -0.25) is 4.79 Å². The lowest BCUT2D eigenvalue weighted by atomic mass is 10.0. The maximum atomic E-state index is 12.4. The SMILES string of the molecule is Cc1cnc(NC(=O)CNC(=O)N2CCc3c([nH]c4ccccc34)C2)s1. The Morgan fingerprint density at radius 2 is 2.19 bits per heavy atom. The normalized spacial score (nSPS) is 13.5. The lowest BCUT2D eigenvalue weighted by Gasteiger charge is -2.27. The van der Waals surface area contributed by atoms with Crippen LogP contribution >= 0.6 is 11.3 Å². The van der Waals surface area contributed by atoms with Crippen LogP contribution in [0.15, 0.2) is 30.5 Å². The molecule has 3 aromatic rings. The average molecular weight is 369 g/mol. The van der Waals surface area contributed by atoms with Gasteiger partial charge in [0.1, 0.15) is 0 Å². The van der Waals surface area contributed by atoms with Crippen molar-refractivity contribution in [2.45, 2.75) is 19.9 Å². The molecule has 4 rings (SSSR count). The second-order valence-corrected chi connectivity index (χ2v) is 7.52. The second kappa shape index (κ2) is 6.80. The van der Waals surface area contributed by atoms with E-state index in [1.807, 2.05) is 25.1 Å². The smallest absolute Gasteiger partial charge is 0.318 e. The van der Waals surface area contributed by atoms with Crippen molar-refractivity contribution in [2.24, 2.45) is 0 Å². The standard InChI is InChI=1S/C18H19N5O2S/c1-11-8-19-17(26-11)22-16(24)9-20-18(25)23-7-6-13-12-4-2-3-5-14(12)21-15(13)10-23/h2-5,8,21H,6-7,9-10H2,1H3,(H,20,25)(H,19,22,24). The van der Waals surface area contributed by atoms with E-state index in [-0.39, 0.29) is 18.5 Å². The number of benzene rings is 1. The number of nitrogens with one attached hydrogen (secondary N) is 3. The lowest BCUT2D eigenvalue weighted by Crippen LogP contribution is -2.45. The van der Waals surface area contributed by atoms with Crippen LogP contribution in [0.3, 0.4) is 0 Å². The Bertz CT molecular complexity index is 977. The molecule has 0 saturated carbocycles. The maximum absolute atomic E-state index is 12.4. The summed E-state index contributed by atoms with van der Waals surface area (Å²) in [5.74, 6) is -0.281. The minimum absolute atomic E-state index is 0.0759. The van der Waals surface area contributed by atoms with Crippen molar-refractivity contribution in [1.29, 1.82) is 0 Å². The van der Waals surface area contributed by atoms with Crippen LogP contribution in [-0.2, 0) is 17.8 Å². The van der Waals surface area contributed by atoms with Crippen LogP contribution in [0.5, 0.6) is 0 Å². The number of carbonyl (C=O) groups excluding carboxylic acids is 2. The number of aromatic nitrogens is 2. The molecule has 1 aromatic carbocycles. The number of aryl methyl sites for hydroxylation is 1. The first-order valence-electron chi connectivity index (χ1n) is 8.43. The van der Waals surface area contributed by atoms with Gasteiger partial charge < -0.3 is 20.5 Å². The van der Waals surface area contributed by atoms with Crippen molar-refractivity contribution in [3.05, 3.63) is 46.6 Å². The van der Waals surface area contributed by atoms with E-state index in [9.17, 15) is 9.59 Å². The lowest BCUT2D eigenvalue weighted by molar-refractivity contribution is -0.115. The first-order valence-corrected chi connectivity index (χ1v) is 9.25. The second-order valence-electron chi connectivity index (χ2n) is 6.28. The molecule has 0 unspecified atom stereocenters. The summed E-state index contributed by atoms with van der Waals surface area (Å²) in [5.41, 5.74) is 3.44. The minimum Gasteiger partial charge on any atom is -0.357 e. The van der Waals surface area contributed by atoms with Crippen molar-refractivity contribution in [3.8, 4) is 0 Å². The number of hydrogen-bond acceptors (Lipinski definition) is 4. The highest BCUT2D eigenvalue weighted by Gasteiger charge is 2.24. The number of amides is 3. The molecule has 0 saturated heterocycles. The summed E-state index contributed by atoms with van der Waals surface area (Å²) in [6.45, 7) is 2.99. The van der Waals surface area contributed by atoms with Gasteiger partial charge in [0.15, 0.2) is 5.13 Å². The molecule has 8 heteroatoms. The van der Waals surface area contributed by atoms with Crippen molar-refractivity contribution in [2.75, 3.05) is 18.4 Å². The zero-order valence-electron chi connectivity index (χ0n) is 14.3. The van der Waals surface area contributed by atoms with Gasteiger partial charge >= 0.3 is 6.03 Å². The number of carbonyl (C=O) groups is 2. The Hall–Kier alpha value is -2.87. The fraction of sp³-hybridized carbons (Fsp3) is 0.278. The third kappa shape index (κ3) is 3.28. The molecule has 1 aliphatic heterocycles. The van der Waals surface area contributed by atoms with E-state index in [4.69, 9.17) is 0 Å². The van der Waals surface area contributed by atoms with Gasteiger partial charge in [0.25, 0.3) is 0 Å². The van der Waals surface area contributed by atoms with E-state index >= 15 is 0 Å². The number of aromatic amines is 1. The van der Waals surface area contributed by atoms with Crippen LogP contribution in [0.2, 0.25) is 0 Å². The topological polar surface area (TPSA) is 90.1 Å². The van der Waals surface area contributed by atoms with Gasteiger partial charge in [-0.25, -0.2) is 9.78 Å². The number of anilines is 1. The number of hydrogen-bond donors (Lipinski definition) is 3. The van der Waals surface area contributed by atoms with Crippen molar-refractivity contribution < 1.29 is 9.59 Å². The van der Waals surface area contributed by atoms with Crippen LogP contribution in [0, 0.1) is 6.92 Å². The van der Waals surface area contributed by atoms with Gasteiger partial charge in [0.2, 0.25) is 5.91 Å². The quantitative estimate of drug-likeness (QED) is 0.663. The molecular formula is C18H19N5O2S. The van der Waals surface area contributed by atoms with Gasteiger partial charge in [-0.05, 0) is 25.0 Å². The van der Waals surface area contributed by atoms with Crippen LogP contribution in [-0.4, -0.2) is 39.9 Å². The summed E-state index contributed by atoms with van der Waals surface area (Å²) < 4.78 is 0. The van der Waals surface area contributed by atoms with Crippen LogP contribution in [0.4, 0.5) is 9.93 Å². The number of rotatable bonds is 3. The molecule has 1 aliphatic rings. The highest BCUT2D eigenvalue weighted by atomic mass is 32.1. The summed E-state index contributed by atoms with van der Waals surface area (Å²) in [4.78, 5) is 34.5. The summed E-state index contributed by atoms with van der Waals surface area (Å²) in [7, 11) is 0. The molecule has 3 heterocycles. The van der Waals surface area contributed by atoms with Crippen molar-refractivity contribution in [1.82, 2.24) is 20.2 Å². The van der Waals surface area contributed by atoms with Gasteiger partial charge in [-0.1, -0.05) is 18.2 Å². The number of para-hydroxylation sites is 1. The highest BCUT2D eigenvalue weighted by molar-refractivity contribution is 7.15. The molecular weight excluding hydrogens is 350 g/mol. The van der Waals surface area contributed by atoms with Gasteiger partial charge in [0.05, 0.1) is 13.1 Å². The van der Waals surface area contributed by atoms with Crippen molar-refractivity contribution >= 4 is 39.3 Å². The summed E-state index contributed by atoms with van der Waals surface area (Å²) in [5, 5.41) is 7.13. The van der Waals surface area contributed by atoms with Crippen molar-refractivity contribution in [3.63, 3.8) is 0 Å². The predicted molar refractivity (Wildman–Crippen MR) is 101 cm³/mol. The monoisotopic (exact) mass is 369 g/mol. The number of fused-ring (bicyclic) bond motifs is 3. The molecule has 26 heavy (non-hydrogen) atoms. The number of H-pyrrole nitrogens is 1. The van der Waals surface area contributed by atoms with E-state index < -0.39 is 0 Å². The fourth-order valence-corrected chi connectivity index (χ4v) is 3.89. The third-order valence-corrected chi connectivity index (χ3v) is 5.27. The Kier molecular flexibility index (Phi) is 4.34. The van der Waals surface area contributed by atoms with E-state index in [1.54, 1.807) is 11.1 Å². The van der Waals surface area contributed by atoms with Gasteiger partial charge in [-0.15, -0.1) is 11.3 Å². The fourth-order valence-electron chi connectivity index (χ4n) is 3.21. The Labute approximate surface area is 154 Å². The molecule has 2 aromatic heterocycles. The number of nitrogens with zero attached hydrogens (tertiary/aromatic N) is 2. The molecule has 0 radical (unpaired) electrons. The zero-order chi connectivity index (χ0) is 18.1. The largest absolute Gasteiger partial charge is 0.357 e. The number of thiazole rings is 1. The molecule has 134 valence electrons. The van der Waals surface area contributed by atoms with E-state index in [1.165, 1.54) is 22.3 Å². The molecule has 0 fully saturated rings. The number of urea groups is 1. The Morgan fingerprint density at radius 3 is 3.00 bits per heavy atom. The van der Waals surface area contributed by atoms with Crippen LogP contribution in [0.1, 0.15) is 16.1 Å². The highest BCUT2D eigenvalue weighted by Crippen LogP contribution is 2.27. The van der Waals surface area contributed by atoms with Gasteiger partial charge in [-0.2, -0.15) is 0 Å². The summed E-state index contributed by atoms with van der Waals surface area (Å²) in [6, 6.07) is 7.93. The summed E-state index contributed by atoms with van der Waals surface area (Å²) >= 11 is 1.40. The van der Waals surface area contributed by atoms with Crippen LogP contribution in [0.25, 0.3) is 10.9 Å². The van der Waals surface area contributed by atoms with E-state index in [2.05, 4.69) is 26.7 Å². The molecule has 0 spiro atoms. The maximum Gasteiger partial charge on any atom is 0.318 e. The average Bonchev–Trinajstić information content (AvgIpc) is 3.22. The van der Waals surface area contributed by atoms with E-state index in [0.29, 0.717) is 18.2 Å². The van der Waals surface area contributed by atoms with Crippen LogP contribution < -0.4 is 10.6 Å². The molecule has 3 amide bonds. The molecule has 0 bridgehead atoms. The van der Waals surface area contributed by atoms with E-state index in [0.717, 1.165) is 22.5 Å². The summed E-state index contributed by atoms with van der Waals surface area (Å²) in [6.07, 6.45) is 2.50. The zero-order valence-corrected chi connectivity index (χ0v) is 15.2. The predicted octanol–water partition coefficient (Wildman–Crippen LogP) is 2.64.